The summed E-state index contributed by atoms with van der Waals surface area (Å²) in [6.07, 6.45) is 1.07. The van der Waals surface area contributed by atoms with Crippen LogP contribution in [0, 0.1) is 0 Å². The minimum Gasteiger partial charge on any atom is -0.426 e. The Balaban J connectivity index is 1.37. The third kappa shape index (κ3) is 10.3. The monoisotopic (exact) mass is 653 g/mol. The van der Waals surface area contributed by atoms with E-state index in [2.05, 4.69) is 10.6 Å². The highest BCUT2D eigenvalue weighted by Gasteiger charge is 2.39. The maximum absolute atomic E-state index is 13.1. The van der Waals surface area contributed by atoms with Crippen LogP contribution >= 0.6 is 0 Å². The Morgan fingerprint density at radius 3 is 1.72 bits per heavy atom. The number of amides is 3. The maximum atomic E-state index is 13.1. The zero-order valence-corrected chi connectivity index (χ0v) is 26.3. The van der Waals surface area contributed by atoms with Gasteiger partial charge in [0.15, 0.2) is 0 Å². The van der Waals surface area contributed by atoms with Crippen molar-refractivity contribution < 1.29 is 53.0 Å². The molecule has 4 N–H and O–H groups in total. The number of hydrogen-bond acceptors (Lipinski definition) is 15. The van der Waals surface area contributed by atoms with Gasteiger partial charge in [-0.1, -0.05) is 0 Å². The number of hydrogen-bond donors (Lipinski definition) is 4. The third-order valence-electron chi connectivity index (χ3n) is 8.46. The third-order valence-corrected chi connectivity index (χ3v) is 8.46. The van der Waals surface area contributed by atoms with Crippen LogP contribution in [0.4, 0.5) is 0 Å². The molecule has 4 rings (SSSR count). The van der Waals surface area contributed by atoms with Crippen LogP contribution in [0.5, 0.6) is 0 Å². The van der Waals surface area contributed by atoms with Gasteiger partial charge in [-0.25, -0.2) is 0 Å². The van der Waals surface area contributed by atoms with Crippen molar-refractivity contribution in [3.8, 4) is 0 Å². The first-order valence-electron chi connectivity index (χ1n) is 15.6. The standard InChI is InChI=1S/C27H44BN7O11/c1-18(25(40)30-19(2)26(41)35-5-3-4-20(35)28(42)43)29-21(36)14-31-6-8-32-10-12-34-13-11-33(9-7-31)16-23(38)45-27(44-22(37)15-32)46-24(39)17-34/h18-20,27,42-43H,3-17H2,1-2H3,(H,29,36)(H,30,40)/t18-,19+,20-/m0/s1. The number of nitrogens with one attached hydrogen (secondary N) is 2. The van der Waals surface area contributed by atoms with Gasteiger partial charge in [0.2, 0.25) is 17.7 Å². The molecule has 2 unspecified atom stereocenters. The van der Waals surface area contributed by atoms with Gasteiger partial charge >= 0.3 is 31.5 Å². The predicted octanol–water partition coefficient (Wildman–Crippen LogP) is -4.84. The Labute approximate surface area is 267 Å². The lowest BCUT2D eigenvalue weighted by Gasteiger charge is -2.33. The van der Waals surface area contributed by atoms with Crippen LogP contribution in [0.15, 0.2) is 0 Å². The highest BCUT2D eigenvalue weighted by atomic mass is 16.9. The molecule has 4 bridgehead atoms. The fourth-order valence-electron chi connectivity index (χ4n) is 5.85. The number of ether oxygens (including phenoxy) is 3. The van der Waals surface area contributed by atoms with Crippen molar-refractivity contribution >= 4 is 42.7 Å². The van der Waals surface area contributed by atoms with Crippen LogP contribution in [-0.4, -0.2) is 187 Å². The molecule has 4 saturated heterocycles. The normalized spacial score (nSPS) is 29.4. The summed E-state index contributed by atoms with van der Waals surface area (Å²) in [4.78, 5) is 85.3. The van der Waals surface area contributed by atoms with Gasteiger partial charge < -0.3 is 39.8 Å². The SMILES string of the molecule is C[C@H](NC(=O)CN1CCN2CCN3CCN(CC1)CC(=O)OC(OC(=O)C2)OC(=O)C3)C(=O)N[C@H](C)C(=O)N1CCC[C@H]1B(O)O. The summed E-state index contributed by atoms with van der Waals surface area (Å²) in [6, 6.07) is -1.91. The number of likely N-dealkylation sites (tertiary alicyclic amines) is 1. The van der Waals surface area contributed by atoms with E-state index in [1.807, 2.05) is 19.6 Å². The quantitative estimate of drug-likeness (QED) is 0.150. The van der Waals surface area contributed by atoms with Gasteiger partial charge in [-0.2, -0.15) is 0 Å². The summed E-state index contributed by atoms with van der Waals surface area (Å²) in [5.74, 6) is -4.35. The second kappa shape index (κ2) is 16.5. The van der Waals surface area contributed by atoms with E-state index in [4.69, 9.17) is 14.2 Å². The molecule has 0 aromatic heterocycles. The minimum absolute atomic E-state index is 0.0666. The van der Waals surface area contributed by atoms with Crippen molar-refractivity contribution in [1.29, 1.82) is 0 Å². The Morgan fingerprint density at radius 2 is 1.24 bits per heavy atom. The van der Waals surface area contributed by atoms with E-state index >= 15 is 0 Å². The Hall–Kier alpha value is -3.36. The molecule has 4 aliphatic rings. The number of carbonyl (C=O) groups excluding carboxylic acids is 6. The van der Waals surface area contributed by atoms with Gasteiger partial charge in [-0.15, -0.1) is 0 Å². The van der Waals surface area contributed by atoms with Crippen molar-refractivity contribution in [3.05, 3.63) is 0 Å². The highest BCUT2D eigenvalue weighted by molar-refractivity contribution is 6.43. The van der Waals surface area contributed by atoms with E-state index in [0.717, 1.165) is 0 Å². The lowest BCUT2D eigenvalue weighted by atomic mass is 9.78. The number of esters is 3. The zero-order chi connectivity index (χ0) is 33.4. The van der Waals surface area contributed by atoms with E-state index in [-0.39, 0.29) is 26.2 Å². The molecule has 256 valence electrons. The van der Waals surface area contributed by atoms with Crippen LogP contribution in [0.2, 0.25) is 0 Å². The lowest BCUT2D eigenvalue weighted by molar-refractivity contribution is -0.258. The number of fused-ring (bicyclic) bond motifs is 7. The van der Waals surface area contributed by atoms with E-state index in [1.165, 1.54) is 18.7 Å². The Bertz CT molecular complexity index is 1110. The minimum atomic E-state index is -1.77. The molecule has 18 nitrogen and oxygen atoms in total. The molecular weight excluding hydrogens is 609 g/mol. The molecule has 0 aliphatic carbocycles. The molecule has 0 saturated carbocycles. The van der Waals surface area contributed by atoms with Crippen LogP contribution in [-0.2, 0) is 43.0 Å². The summed E-state index contributed by atoms with van der Waals surface area (Å²) < 4.78 is 15.5. The van der Waals surface area contributed by atoms with Crippen LogP contribution in [0.1, 0.15) is 26.7 Å². The van der Waals surface area contributed by atoms with Crippen molar-refractivity contribution in [3.63, 3.8) is 0 Å². The number of carbonyl (C=O) groups is 6. The molecule has 5 atom stereocenters. The van der Waals surface area contributed by atoms with Gasteiger partial charge in [0, 0.05) is 58.9 Å². The largest absolute Gasteiger partial charge is 0.475 e. The van der Waals surface area contributed by atoms with E-state index in [0.29, 0.717) is 71.7 Å². The molecule has 4 aliphatic heterocycles. The van der Waals surface area contributed by atoms with E-state index in [1.54, 1.807) is 0 Å². The summed E-state index contributed by atoms with van der Waals surface area (Å²) >= 11 is 0. The summed E-state index contributed by atoms with van der Waals surface area (Å²) in [7, 11) is -1.67. The topological polar surface area (TPSA) is 211 Å². The summed E-state index contributed by atoms with van der Waals surface area (Å²) in [6.45, 7) is 4.37. The average molecular weight is 653 g/mol. The molecule has 3 amide bonds. The van der Waals surface area contributed by atoms with Crippen LogP contribution in [0.25, 0.3) is 0 Å². The first kappa shape index (κ1) is 35.5. The Kier molecular flexibility index (Phi) is 12.7. The molecule has 0 aromatic carbocycles. The second-order valence-electron chi connectivity index (χ2n) is 12.0. The van der Waals surface area contributed by atoms with Crippen molar-refractivity contribution in [2.24, 2.45) is 0 Å². The van der Waals surface area contributed by atoms with Gasteiger partial charge in [0.25, 0.3) is 0 Å². The molecule has 0 radical (unpaired) electrons. The fourth-order valence-corrected chi connectivity index (χ4v) is 5.85. The molecule has 4 fully saturated rings. The molecule has 0 aromatic rings. The lowest BCUT2D eigenvalue weighted by Crippen LogP contribution is -2.56. The molecule has 4 heterocycles. The van der Waals surface area contributed by atoms with Gasteiger partial charge in [-0.05, 0) is 26.7 Å². The number of nitrogens with zero attached hydrogens (tertiary/aromatic N) is 5. The first-order chi connectivity index (χ1) is 21.9. The predicted molar refractivity (Wildman–Crippen MR) is 158 cm³/mol. The molecule has 46 heavy (non-hydrogen) atoms. The van der Waals surface area contributed by atoms with Crippen molar-refractivity contribution in [2.75, 3.05) is 85.1 Å². The van der Waals surface area contributed by atoms with Gasteiger partial charge in [-0.3, -0.25) is 48.4 Å². The smallest absolute Gasteiger partial charge is 0.426 e. The van der Waals surface area contributed by atoms with Crippen LogP contribution in [0.3, 0.4) is 0 Å². The van der Waals surface area contributed by atoms with Crippen LogP contribution < -0.4 is 10.6 Å². The zero-order valence-electron chi connectivity index (χ0n) is 26.3. The van der Waals surface area contributed by atoms with Gasteiger partial charge in [0.05, 0.1) is 32.1 Å². The number of rotatable bonds is 7. The fraction of sp³-hybridized carbons (Fsp3) is 0.778. The molecule has 19 heteroatoms. The summed E-state index contributed by atoms with van der Waals surface area (Å²) in [5.41, 5.74) is 0. The highest BCUT2D eigenvalue weighted by Crippen LogP contribution is 2.19. The second-order valence-corrected chi connectivity index (χ2v) is 12.0. The van der Waals surface area contributed by atoms with Gasteiger partial charge in [0.1, 0.15) is 12.1 Å². The van der Waals surface area contributed by atoms with E-state index in [9.17, 15) is 38.8 Å². The maximum Gasteiger partial charge on any atom is 0.475 e. The Morgan fingerprint density at radius 1 is 0.761 bits per heavy atom. The van der Waals surface area contributed by atoms with Crippen molar-refractivity contribution in [2.45, 2.75) is 51.2 Å². The first-order valence-corrected chi connectivity index (χ1v) is 15.6. The van der Waals surface area contributed by atoms with Crippen molar-refractivity contribution in [1.82, 2.24) is 35.1 Å². The average Bonchev–Trinajstić information content (AvgIpc) is 3.46. The molecule has 0 spiro atoms. The van der Waals surface area contributed by atoms with E-state index < -0.39 is 67.2 Å². The summed E-state index contributed by atoms with van der Waals surface area (Å²) in [5, 5.41) is 24.4. The molecular formula is C27H44BN7O11.